The van der Waals surface area contributed by atoms with Crippen LogP contribution in [0.25, 0.3) is 5.69 Å². The van der Waals surface area contributed by atoms with E-state index in [9.17, 15) is 9.59 Å². The second-order valence-corrected chi connectivity index (χ2v) is 7.03. The molecule has 0 radical (unpaired) electrons. The van der Waals surface area contributed by atoms with Crippen LogP contribution in [0.3, 0.4) is 0 Å². The molecule has 2 aromatic rings. The monoisotopic (exact) mass is 369 g/mol. The van der Waals surface area contributed by atoms with Crippen LogP contribution in [0.5, 0.6) is 0 Å². The highest BCUT2D eigenvalue weighted by atomic mass is 16.2. The SMILES string of the molecule is O=C(Nc1ccc(-n2cnnn2)cc1)C1CCN(C(=O)N2CCCC2)CC1. The van der Waals surface area contributed by atoms with Crippen molar-refractivity contribution in [1.29, 1.82) is 0 Å². The number of likely N-dealkylation sites (tertiary alicyclic amines) is 2. The Morgan fingerprint density at radius 3 is 2.26 bits per heavy atom. The molecule has 3 heterocycles. The van der Waals surface area contributed by atoms with E-state index in [1.807, 2.05) is 34.1 Å². The molecule has 1 N–H and O–H groups in total. The highest BCUT2D eigenvalue weighted by Crippen LogP contribution is 2.22. The summed E-state index contributed by atoms with van der Waals surface area (Å²) in [6.07, 6.45) is 5.11. The van der Waals surface area contributed by atoms with E-state index in [1.165, 1.54) is 6.33 Å². The molecule has 9 nitrogen and oxygen atoms in total. The summed E-state index contributed by atoms with van der Waals surface area (Å²) in [5.41, 5.74) is 1.57. The highest BCUT2D eigenvalue weighted by molar-refractivity contribution is 5.92. The minimum atomic E-state index is -0.0631. The van der Waals surface area contributed by atoms with Gasteiger partial charge in [0.25, 0.3) is 0 Å². The second-order valence-electron chi connectivity index (χ2n) is 7.03. The first-order valence-corrected chi connectivity index (χ1v) is 9.39. The summed E-state index contributed by atoms with van der Waals surface area (Å²) in [5.74, 6) is -0.0507. The van der Waals surface area contributed by atoms with E-state index in [-0.39, 0.29) is 17.9 Å². The molecule has 0 aliphatic carbocycles. The number of carbonyl (C=O) groups is 2. The lowest BCUT2D eigenvalue weighted by Gasteiger charge is -2.34. The standard InChI is InChI=1S/C18H23N7O2/c26-17(20-15-3-5-16(6-4-15)25-13-19-21-22-25)14-7-11-24(12-8-14)18(27)23-9-1-2-10-23/h3-6,13-14H,1-2,7-12H2,(H,20,26). The zero-order chi connectivity index (χ0) is 18.6. The van der Waals surface area contributed by atoms with Crippen LogP contribution in [0.1, 0.15) is 25.7 Å². The maximum atomic E-state index is 12.6. The van der Waals surface area contributed by atoms with E-state index < -0.39 is 0 Å². The molecule has 0 unspecified atom stereocenters. The van der Waals surface area contributed by atoms with Crippen LogP contribution in [-0.4, -0.2) is 68.1 Å². The van der Waals surface area contributed by atoms with Crippen LogP contribution in [-0.2, 0) is 4.79 Å². The average Bonchev–Trinajstić information content (AvgIpc) is 3.42. The van der Waals surface area contributed by atoms with Crippen molar-refractivity contribution in [2.75, 3.05) is 31.5 Å². The predicted molar refractivity (Wildman–Crippen MR) is 98.3 cm³/mol. The number of anilines is 1. The molecule has 2 fully saturated rings. The number of benzene rings is 1. The fourth-order valence-electron chi connectivity index (χ4n) is 3.66. The van der Waals surface area contributed by atoms with E-state index in [4.69, 9.17) is 0 Å². The van der Waals surface area contributed by atoms with E-state index in [0.29, 0.717) is 25.9 Å². The fraction of sp³-hybridized carbons (Fsp3) is 0.500. The van der Waals surface area contributed by atoms with Crippen molar-refractivity contribution < 1.29 is 9.59 Å². The summed E-state index contributed by atoms with van der Waals surface area (Å²) < 4.78 is 1.55. The minimum absolute atomic E-state index is 0.0124. The van der Waals surface area contributed by atoms with Gasteiger partial charge in [0, 0.05) is 37.8 Å². The molecule has 1 aromatic heterocycles. The fourth-order valence-corrected chi connectivity index (χ4v) is 3.66. The van der Waals surface area contributed by atoms with Gasteiger partial charge in [-0.25, -0.2) is 9.48 Å². The third-order valence-electron chi connectivity index (χ3n) is 5.26. The maximum absolute atomic E-state index is 12.6. The quantitative estimate of drug-likeness (QED) is 0.885. The number of urea groups is 1. The van der Waals surface area contributed by atoms with Gasteiger partial charge in [-0.2, -0.15) is 0 Å². The van der Waals surface area contributed by atoms with Gasteiger partial charge in [0.05, 0.1) is 5.69 Å². The summed E-state index contributed by atoms with van der Waals surface area (Å²) in [6, 6.07) is 7.50. The van der Waals surface area contributed by atoms with Crippen LogP contribution < -0.4 is 5.32 Å². The molecule has 1 aromatic carbocycles. The number of amides is 3. The van der Waals surface area contributed by atoms with E-state index in [0.717, 1.165) is 37.3 Å². The first-order valence-electron chi connectivity index (χ1n) is 9.39. The highest BCUT2D eigenvalue weighted by Gasteiger charge is 2.30. The Hall–Kier alpha value is -2.97. The van der Waals surface area contributed by atoms with Gasteiger partial charge < -0.3 is 15.1 Å². The summed E-state index contributed by atoms with van der Waals surface area (Å²) in [5, 5.41) is 14.0. The zero-order valence-corrected chi connectivity index (χ0v) is 15.1. The van der Waals surface area contributed by atoms with Gasteiger partial charge in [-0.05, 0) is 60.4 Å². The van der Waals surface area contributed by atoms with Gasteiger partial charge >= 0.3 is 6.03 Å². The summed E-state index contributed by atoms with van der Waals surface area (Å²) in [7, 11) is 0. The van der Waals surface area contributed by atoms with Crippen LogP contribution in [0.4, 0.5) is 10.5 Å². The number of tetrazole rings is 1. The Morgan fingerprint density at radius 2 is 1.63 bits per heavy atom. The van der Waals surface area contributed by atoms with Gasteiger partial charge in [0.15, 0.2) is 0 Å². The van der Waals surface area contributed by atoms with Crippen molar-refractivity contribution in [3.63, 3.8) is 0 Å². The van der Waals surface area contributed by atoms with E-state index in [2.05, 4.69) is 20.8 Å². The molecule has 2 aliphatic heterocycles. The summed E-state index contributed by atoms with van der Waals surface area (Å²) in [4.78, 5) is 28.8. The molecular formula is C18H23N7O2. The number of hydrogen-bond acceptors (Lipinski definition) is 5. The average molecular weight is 369 g/mol. The number of nitrogens with one attached hydrogen (secondary N) is 1. The Morgan fingerprint density at radius 1 is 0.963 bits per heavy atom. The van der Waals surface area contributed by atoms with Crippen molar-refractivity contribution in [2.24, 2.45) is 5.92 Å². The number of nitrogens with zero attached hydrogens (tertiary/aromatic N) is 6. The molecule has 2 saturated heterocycles. The first-order chi connectivity index (χ1) is 13.2. The Kier molecular flexibility index (Phi) is 4.99. The second kappa shape index (κ2) is 7.73. The first kappa shape index (κ1) is 17.4. The molecule has 9 heteroatoms. The van der Waals surface area contributed by atoms with E-state index >= 15 is 0 Å². The predicted octanol–water partition coefficient (Wildman–Crippen LogP) is 1.53. The molecule has 142 valence electrons. The lowest BCUT2D eigenvalue weighted by atomic mass is 9.96. The number of rotatable bonds is 3. The summed E-state index contributed by atoms with van der Waals surface area (Å²) >= 11 is 0. The molecule has 0 bridgehead atoms. The molecule has 27 heavy (non-hydrogen) atoms. The van der Waals surface area contributed by atoms with Crippen LogP contribution in [0, 0.1) is 5.92 Å². The molecule has 3 amide bonds. The molecule has 0 atom stereocenters. The molecule has 0 saturated carbocycles. The third kappa shape index (κ3) is 3.91. The van der Waals surface area contributed by atoms with Crippen molar-refractivity contribution >= 4 is 17.6 Å². The van der Waals surface area contributed by atoms with Crippen molar-refractivity contribution in [3.05, 3.63) is 30.6 Å². The van der Waals surface area contributed by atoms with Gasteiger partial charge in [-0.15, -0.1) is 5.10 Å². The van der Waals surface area contributed by atoms with Gasteiger partial charge in [0.1, 0.15) is 6.33 Å². The van der Waals surface area contributed by atoms with Crippen LogP contribution in [0.15, 0.2) is 30.6 Å². The van der Waals surface area contributed by atoms with Gasteiger partial charge in [0.2, 0.25) is 5.91 Å². The molecular weight excluding hydrogens is 346 g/mol. The third-order valence-corrected chi connectivity index (χ3v) is 5.26. The normalized spacial score (nSPS) is 17.9. The zero-order valence-electron chi connectivity index (χ0n) is 15.1. The van der Waals surface area contributed by atoms with Gasteiger partial charge in [-0.1, -0.05) is 0 Å². The van der Waals surface area contributed by atoms with Crippen LogP contribution >= 0.6 is 0 Å². The topological polar surface area (TPSA) is 96.2 Å². The number of piperidine rings is 1. The van der Waals surface area contributed by atoms with Crippen LogP contribution in [0.2, 0.25) is 0 Å². The minimum Gasteiger partial charge on any atom is -0.326 e. The molecule has 4 rings (SSSR count). The maximum Gasteiger partial charge on any atom is 0.319 e. The smallest absolute Gasteiger partial charge is 0.319 e. The van der Waals surface area contributed by atoms with Crippen molar-refractivity contribution in [1.82, 2.24) is 30.0 Å². The molecule has 2 aliphatic rings. The van der Waals surface area contributed by atoms with E-state index in [1.54, 1.807) is 4.68 Å². The molecule has 0 spiro atoms. The Balaban J connectivity index is 1.28. The number of aromatic nitrogens is 4. The van der Waals surface area contributed by atoms with Gasteiger partial charge in [-0.3, -0.25) is 4.79 Å². The largest absolute Gasteiger partial charge is 0.326 e. The van der Waals surface area contributed by atoms with Crippen molar-refractivity contribution in [2.45, 2.75) is 25.7 Å². The van der Waals surface area contributed by atoms with Crippen molar-refractivity contribution in [3.8, 4) is 5.69 Å². The number of carbonyl (C=O) groups excluding carboxylic acids is 2. The lowest BCUT2D eigenvalue weighted by Crippen LogP contribution is -2.47. The Labute approximate surface area is 157 Å². The Bertz CT molecular complexity index is 777. The lowest BCUT2D eigenvalue weighted by molar-refractivity contribution is -0.121. The summed E-state index contributed by atoms with van der Waals surface area (Å²) in [6.45, 7) is 3.01. The number of hydrogen-bond donors (Lipinski definition) is 1.